The summed E-state index contributed by atoms with van der Waals surface area (Å²) >= 11 is 5.76. The van der Waals surface area contributed by atoms with E-state index < -0.39 is 17.0 Å². The van der Waals surface area contributed by atoms with Gasteiger partial charge in [-0.15, -0.1) is 0 Å². The summed E-state index contributed by atoms with van der Waals surface area (Å²) in [6.45, 7) is 0. The van der Waals surface area contributed by atoms with E-state index in [4.69, 9.17) is 16.3 Å². The van der Waals surface area contributed by atoms with Crippen molar-refractivity contribution in [2.45, 2.75) is 6.10 Å². The zero-order chi connectivity index (χ0) is 15.4. The van der Waals surface area contributed by atoms with E-state index in [9.17, 15) is 20.0 Å². The van der Waals surface area contributed by atoms with E-state index in [0.29, 0.717) is 5.56 Å². The number of aliphatic carboxylic acids is 1. The number of nitrogens with zero attached hydrogens (tertiary/aromatic N) is 1. The average Bonchev–Trinajstić information content (AvgIpc) is 2.45. The molecule has 108 valence electrons. The van der Waals surface area contributed by atoms with Crippen molar-refractivity contribution in [3.05, 3.63) is 69.2 Å². The van der Waals surface area contributed by atoms with Gasteiger partial charge in [0, 0.05) is 17.7 Å². The maximum Gasteiger partial charge on any atom is 0.349 e. The molecular formula is C14H10ClNO5. The molecular weight excluding hydrogens is 298 g/mol. The number of hydrogen-bond acceptors (Lipinski definition) is 4. The summed E-state index contributed by atoms with van der Waals surface area (Å²) in [6, 6.07) is 12.1. The van der Waals surface area contributed by atoms with Crippen molar-refractivity contribution >= 4 is 23.3 Å². The monoisotopic (exact) mass is 307 g/mol. The number of carboxylic acids is 1. The smallest absolute Gasteiger partial charge is 0.349 e. The van der Waals surface area contributed by atoms with Crippen molar-refractivity contribution in [3.63, 3.8) is 0 Å². The van der Waals surface area contributed by atoms with Gasteiger partial charge < -0.3 is 9.84 Å². The molecule has 0 radical (unpaired) electrons. The van der Waals surface area contributed by atoms with Gasteiger partial charge in [-0.2, -0.15) is 0 Å². The lowest BCUT2D eigenvalue weighted by Gasteiger charge is -2.15. The van der Waals surface area contributed by atoms with E-state index in [-0.39, 0.29) is 16.5 Å². The second-order valence-corrected chi connectivity index (χ2v) is 4.52. The van der Waals surface area contributed by atoms with Crippen LogP contribution in [0.3, 0.4) is 0 Å². The fraction of sp³-hybridized carbons (Fsp3) is 0.0714. The third-order valence-corrected chi connectivity index (χ3v) is 3.00. The van der Waals surface area contributed by atoms with Crippen LogP contribution in [0.15, 0.2) is 48.5 Å². The minimum atomic E-state index is -1.22. The Morgan fingerprint density at radius 1 is 1.24 bits per heavy atom. The summed E-state index contributed by atoms with van der Waals surface area (Å²) in [7, 11) is 0. The van der Waals surface area contributed by atoms with Crippen molar-refractivity contribution in [1.29, 1.82) is 0 Å². The van der Waals surface area contributed by atoms with E-state index in [1.165, 1.54) is 18.2 Å². The molecule has 0 saturated carbocycles. The normalized spacial score (nSPS) is 11.7. The van der Waals surface area contributed by atoms with Gasteiger partial charge in [0.05, 0.1) is 4.92 Å². The zero-order valence-corrected chi connectivity index (χ0v) is 11.4. The molecule has 0 saturated heterocycles. The number of nitro groups is 1. The molecule has 0 fully saturated rings. The number of benzene rings is 2. The van der Waals surface area contributed by atoms with E-state index >= 15 is 0 Å². The van der Waals surface area contributed by atoms with Gasteiger partial charge in [-0.1, -0.05) is 41.9 Å². The Hall–Kier alpha value is -2.60. The van der Waals surface area contributed by atoms with Crippen molar-refractivity contribution in [1.82, 2.24) is 0 Å². The van der Waals surface area contributed by atoms with Crippen LogP contribution in [-0.4, -0.2) is 16.0 Å². The topological polar surface area (TPSA) is 89.7 Å². The Kier molecular flexibility index (Phi) is 4.39. The number of rotatable bonds is 5. The lowest BCUT2D eigenvalue weighted by Crippen LogP contribution is -2.18. The molecule has 1 atom stereocenters. The van der Waals surface area contributed by atoms with Gasteiger partial charge in [-0.25, -0.2) is 4.79 Å². The fourth-order valence-electron chi connectivity index (χ4n) is 1.73. The van der Waals surface area contributed by atoms with Crippen LogP contribution in [0.25, 0.3) is 0 Å². The van der Waals surface area contributed by atoms with Crippen LogP contribution in [0.4, 0.5) is 5.69 Å². The van der Waals surface area contributed by atoms with Gasteiger partial charge >= 0.3 is 5.97 Å². The number of carbonyl (C=O) groups is 1. The highest BCUT2D eigenvalue weighted by molar-refractivity contribution is 6.32. The van der Waals surface area contributed by atoms with Gasteiger partial charge in [0.2, 0.25) is 6.10 Å². The Morgan fingerprint density at radius 2 is 1.90 bits per heavy atom. The third-order valence-electron chi connectivity index (χ3n) is 2.70. The van der Waals surface area contributed by atoms with E-state index in [1.54, 1.807) is 30.3 Å². The number of nitro benzene ring substituents is 1. The van der Waals surface area contributed by atoms with Gasteiger partial charge in [0.1, 0.15) is 10.8 Å². The minimum absolute atomic E-state index is 0.116. The molecule has 2 aromatic rings. The summed E-state index contributed by atoms with van der Waals surface area (Å²) in [5, 5.41) is 19.8. The third kappa shape index (κ3) is 3.49. The molecule has 0 aliphatic heterocycles. The van der Waals surface area contributed by atoms with Crippen LogP contribution >= 0.6 is 11.6 Å². The predicted octanol–water partition coefficient (Wildman–Crippen LogP) is 3.45. The number of halogens is 1. The van der Waals surface area contributed by atoms with Crippen molar-refractivity contribution in [2.75, 3.05) is 0 Å². The number of hydrogen-bond donors (Lipinski definition) is 1. The van der Waals surface area contributed by atoms with Crippen LogP contribution in [0.2, 0.25) is 5.02 Å². The molecule has 0 aromatic heterocycles. The maximum absolute atomic E-state index is 11.3. The molecule has 0 spiro atoms. The first-order chi connectivity index (χ1) is 9.99. The second-order valence-electron chi connectivity index (χ2n) is 4.12. The fourth-order valence-corrected chi connectivity index (χ4v) is 1.97. The Labute approximate surface area is 124 Å². The Bertz CT molecular complexity index is 674. The van der Waals surface area contributed by atoms with Crippen LogP contribution in [-0.2, 0) is 4.79 Å². The summed E-state index contributed by atoms with van der Waals surface area (Å²) < 4.78 is 5.37. The molecule has 1 N–H and O–H groups in total. The van der Waals surface area contributed by atoms with Crippen LogP contribution in [0, 0.1) is 10.1 Å². The van der Waals surface area contributed by atoms with Crippen molar-refractivity contribution in [3.8, 4) is 5.75 Å². The minimum Gasteiger partial charge on any atom is -0.478 e. The van der Waals surface area contributed by atoms with Crippen LogP contribution in [0.5, 0.6) is 5.75 Å². The van der Waals surface area contributed by atoms with Gasteiger partial charge in [-0.05, 0) is 6.07 Å². The highest BCUT2D eigenvalue weighted by Gasteiger charge is 2.22. The second kappa shape index (κ2) is 6.23. The Balaban J connectivity index is 2.28. The first kappa shape index (κ1) is 14.8. The molecule has 0 heterocycles. The molecule has 1 unspecified atom stereocenters. The van der Waals surface area contributed by atoms with Crippen LogP contribution in [0.1, 0.15) is 11.7 Å². The SMILES string of the molecule is O=C(O)C(Oc1ccc([N+](=O)[O-])c(Cl)c1)c1ccccc1. The van der Waals surface area contributed by atoms with E-state index in [0.717, 1.165) is 0 Å². The van der Waals surface area contributed by atoms with Crippen molar-refractivity contribution < 1.29 is 19.6 Å². The Morgan fingerprint density at radius 3 is 2.43 bits per heavy atom. The summed E-state index contributed by atoms with van der Waals surface area (Å²) in [4.78, 5) is 21.3. The molecule has 6 nitrogen and oxygen atoms in total. The molecule has 0 amide bonds. The average molecular weight is 308 g/mol. The molecule has 21 heavy (non-hydrogen) atoms. The van der Waals surface area contributed by atoms with Crippen LogP contribution < -0.4 is 4.74 Å². The van der Waals surface area contributed by atoms with Crippen molar-refractivity contribution in [2.24, 2.45) is 0 Å². The van der Waals surface area contributed by atoms with Gasteiger partial charge in [-0.3, -0.25) is 10.1 Å². The first-order valence-corrected chi connectivity index (χ1v) is 6.25. The number of carboxylic acid groups (broad SMARTS) is 1. The highest BCUT2D eigenvalue weighted by atomic mass is 35.5. The molecule has 0 aliphatic rings. The summed E-state index contributed by atoms with van der Waals surface area (Å²) in [6.07, 6.45) is -1.22. The van der Waals surface area contributed by atoms with Gasteiger partial charge in [0.15, 0.2) is 0 Å². The molecule has 7 heteroatoms. The predicted molar refractivity (Wildman–Crippen MR) is 75.6 cm³/mol. The lowest BCUT2D eigenvalue weighted by atomic mass is 10.1. The van der Waals surface area contributed by atoms with E-state index in [1.807, 2.05) is 0 Å². The highest BCUT2D eigenvalue weighted by Crippen LogP contribution is 2.30. The van der Waals surface area contributed by atoms with E-state index in [2.05, 4.69) is 0 Å². The summed E-state index contributed by atoms with van der Waals surface area (Å²) in [5.41, 5.74) is 0.190. The summed E-state index contributed by atoms with van der Waals surface area (Å²) in [5.74, 6) is -1.03. The molecule has 0 bridgehead atoms. The first-order valence-electron chi connectivity index (χ1n) is 5.87. The zero-order valence-electron chi connectivity index (χ0n) is 10.6. The standard InChI is InChI=1S/C14H10ClNO5/c15-11-8-10(6-7-12(11)16(19)20)21-13(14(17)18)9-4-2-1-3-5-9/h1-8,13H,(H,17,18). The van der Waals surface area contributed by atoms with Gasteiger partial charge in [0.25, 0.3) is 5.69 Å². The quantitative estimate of drug-likeness (QED) is 0.675. The molecule has 0 aliphatic carbocycles. The number of ether oxygens (including phenoxy) is 1. The largest absolute Gasteiger partial charge is 0.478 e. The lowest BCUT2D eigenvalue weighted by molar-refractivity contribution is -0.384. The maximum atomic E-state index is 11.3. The molecule has 2 rings (SSSR count). The molecule has 2 aromatic carbocycles.